The standard InChI is InChI=1S/C30H21F4N3O4/c1-15-6-9-19(12-16(15)2)37-25-14-18(30(32,33)34)8-10-21(25)26(28(37)39)36-35-24-5-3-4-20(27(24)38)22-13-17(29(40)41)7-11-23(22)31/h3-14,35,38H,1-2H3,(H,40,41). The monoisotopic (exact) mass is 563 g/mol. The molecule has 1 aliphatic rings. The molecule has 11 heteroatoms. The number of hydrogen-bond donors (Lipinski definition) is 3. The first-order valence-corrected chi connectivity index (χ1v) is 12.2. The molecule has 3 N–H and O–H groups in total. The number of carboxylic acid groups (broad SMARTS) is 1. The summed E-state index contributed by atoms with van der Waals surface area (Å²) in [7, 11) is 0. The van der Waals surface area contributed by atoms with Gasteiger partial charge in [-0.05, 0) is 79.6 Å². The van der Waals surface area contributed by atoms with Crippen molar-refractivity contribution in [2.75, 3.05) is 10.3 Å². The summed E-state index contributed by atoms with van der Waals surface area (Å²) in [6.45, 7) is 3.68. The smallest absolute Gasteiger partial charge is 0.416 e. The molecule has 1 aliphatic heterocycles. The van der Waals surface area contributed by atoms with E-state index in [4.69, 9.17) is 0 Å². The van der Waals surface area contributed by atoms with Crippen molar-refractivity contribution in [1.82, 2.24) is 0 Å². The predicted octanol–water partition coefficient (Wildman–Crippen LogP) is 7.03. The third-order valence-corrected chi connectivity index (χ3v) is 6.80. The van der Waals surface area contributed by atoms with E-state index in [9.17, 15) is 37.4 Å². The number of carbonyl (C=O) groups is 2. The highest BCUT2D eigenvalue weighted by Crippen LogP contribution is 2.41. The van der Waals surface area contributed by atoms with E-state index in [1.807, 2.05) is 13.8 Å². The molecule has 41 heavy (non-hydrogen) atoms. The van der Waals surface area contributed by atoms with Crippen molar-refractivity contribution in [3.63, 3.8) is 0 Å². The first-order chi connectivity index (χ1) is 19.4. The van der Waals surface area contributed by atoms with E-state index in [0.717, 1.165) is 52.4 Å². The maximum Gasteiger partial charge on any atom is 0.416 e. The highest BCUT2D eigenvalue weighted by atomic mass is 19.4. The van der Waals surface area contributed by atoms with E-state index in [1.165, 1.54) is 18.2 Å². The van der Waals surface area contributed by atoms with Gasteiger partial charge < -0.3 is 10.2 Å². The molecule has 0 atom stereocenters. The molecule has 4 aromatic rings. The Morgan fingerprint density at radius 1 is 0.902 bits per heavy atom. The lowest BCUT2D eigenvalue weighted by atomic mass is 10.0. The van der Waals surface area contributed by atoms with Crippen molar-refractivity contribution in [3.05, 3.63) is 106 Å². The number of carbonyl (C=O) groups excluding carboxylic acids is 1. The van der Waals surface area contributed by atoms with Gasteiger partial charge in [0.05, 0.1) is 22.5 Å². The molecule has 0 fully saturated rings. The number of aromatic carboxylic acids is 1. The van der Waals surface area contributed by atoms with Gasteiger partial charge in [0.25, 0.3) is 5.91 Å². The van der Waals surface area contributed by atoms with Crippen LogP contribution in [0.1, 0.15) is 32.6 Å². The maximum absolute atomic E-state index is 14.6. The Morgan fingerprint density at radius 2 is 1.66 bits per heavy atom. The number of amides is 1. The number of hydrazone groups is 1. The van der Waals surface area contributed by atoms with Crippen molar-refractivity contribution in [2.45, 2.75) is 20.0 Å². The van der Waals surface area contributed by atoms with Gasteiger partial charge in [0.15, 0.2) is 5.71 Å². The third kappa shape index (κ3) is 4.97. The van der Waals surface area contributed by atoms with Crippen molar-refractivity contribution in [1.29, 1.82) is 0 Å². The number of rotatable bonds is 5. The van der Waals surface area contributed by atoms with Crippen LogP contribution in [0, 0.1) is 19.7 Å². The number of phenols is 1. The number of anilines is 3. The molecular weight excluding hydrogens is 542 g/mol. The van der Waals surface area contributed by atoms with Gasteiger partial charge in [0.1, 0.15) is 11.6 Å². The largest absolute Gasteiger partial charge is 0.505 e. The van der Waals surface area contributed by atoms with E-state index in [1.54, 1.807) is 18.2 Å². The molecular formula is C30H21F4N3O4. The number of hydrogen-bond acceptors (Lipinski definition) is 5. The van der Waals surface area contributed by atoms with E-state index >= 15 is 0 Å². The SMILES string of the molecule is Cc1ccc(N2C(=O)C(=NNc3cccc(-c4cc(C(=O)O)ccc4F)c3O)c3ccc(C(F)(F)F)cc32)cc1C. The van der Waals surface area contributed by atoms with Crippen molar-refractivity contribution in [2.24, 2.45) is 5.10 Å². The Balaban J connectivity index is 1.58. The second kappa shape index (κ2) is 10.1. The molecule has 7 nitrogen and oxygen atoms in total. The second-order valence-corrected chi connectivity index (χ2v) is 9.41. The molecule has 208 valence electrons. The fourth-order valence-electron chi connectivity index (χ4n) is 4.48. The van der Waals surface area contributed by atoms with E-state index in [0.29, 0.717) is 5.69 Å². The Bertz CT molecular complexity index is 1770. The Labute approximate surface area is 231 Å². The van der Waals surface area contributed by atoms with Crippen LogP contribution in [0.15, 0.2) is 77.9 Å². The molecule has 0 saturated heterocycles. The van der Waals surface area contributed by atoms with Gasteiger partial charge >= 0.3 is 12.1 Å². The minimum absolute atomic E-state index is 0.0147. The van der Waals surface area contributed by atoms with E-state index in [-0.39, 0.29) is 39.3 Å². The maximum atomic E-state index is 14.6. The molecule has 0 saturated carbocycles. The molecule has 0 spiro atoms. The number of aryl methyl sites for hydroxylation is 2. The molecule has 0 aromatic heterocycles. The molecule has 0 aliphatic carbocycles. The van der Waals surface area contributed by atoms with Crippen molar-refractivity contribution >= 4 is 34.7 Å². The Kier molecular flexibility index (Phi) is 6.74. The lowest BCUT2D eigenvalue weighted by Gasteiger charge is -2.19. The number of fused-ring (bicyclic) bond motifs is 1. The summed E-state index contributed by atoms with van der Waals surface area (Å²) in [4.78, 5) is 26.1. The summed E-state index contributed by atoms with van der Waals surface area (Å²) in [5.74, 6) is -3.25. The molecule has 0 unspecified atom stereocenters. The fourth-order valence-corrected chi connectivity index (χ4v) is 4.48. The van der Waals surface area contributed by atoms with Crippen LogP contribution in [0.3, 0.4) is 0 Å². The van der Waals surface area contributed by atoms with Crippen LogP contribution in [-0.4, -0.2) is 27.8 Å². The topological polar surface area (TPSA) is 102 Å². The summed E-state index contributed by atoms with van der Waals surface area (Å²) in [6, 6.07) is 15.3. The molecule has 4 aromatic carbocycles. The van der Waals surface area contributed by atoms with Crippen LogP contribution in [-0.2, 0) is 11.0 Å². The summed E-state index contributed by atoms with van der Waals surface area (Å²) in [5.41, 5.74) is 3.16. The number of alkyl halides is 3. The van der Waals surface area contributed by atoms with Gasteiger partial charge in [-0.1, -0.05) is 18.2 Å². The Morgan fingerprint density at radius 3 is 2.34 bits per heavy atom. The predicted molar refractivity (Wildman–Crippen MR) is 145 cm³/mol. The van der Waals surface area contributed by atoms with Crippen LogP contribution in [0.5, 0.6) is 5.75 Å². The third-order valence-electron chi connectivity index (χ3n) is 6.80. The molecule has 0 bridgehead atoms. The van der Waals surface area contributed by atoms with Crippen LogP contribution < -0.4 is 10.3 Å². The zero-order chi connectivity index (χ0) is 29.6. The molecule has 1 amide bonds. The average molecular weight is 564 g/mol. The number of halogens is 4. The number of phenolic OH excluding ortho intramolecular Hbond substituents is 1. The van der Waals surface area contributed by atoms with Gasteiger partial charge in [0, 0.05) is 22.4 Å². The van der Waals surface area contributed by atoms with Gasteiger partial charge in [-0.2, -0.15) is 18.3 Å². The number of aromatic hydroxyl groups is 1. The van der Waals surface area contributed by atoms with Crippen LogP contribution in [0.4, 0.5) is 34.6 Å². The fraction of sp³-hybridized carbons (Fsp3) is 0.100. The lowest BCUT2D eigenvalue weighted by molar-refractivity contribution is -0.137. The summed E-state index contributed by atoms with van der Waals surface area (Å²) < 4.78 is 55.2. The van der Waals surface area contributed by atoms with Gasteiger partial charge in [-0.25, -0.2) is 9.18 Å². The molecule has 0 radical (unpaired) electrons. The zero-order valence-corrected chi connectivity index (χ0v) is 21.5. The van der Waals surface area contributed by atoms with Gasteiger partial charge in [-0.3, -0.25) is 15.1 Å². The highest BCUT2D eigenvalue weighted by molar-refractivity contribution is 6.55. The lowest BCUT2D eigenvalue weighted by Crippen LogP contribution is -2.26. The minimum Gasteiger partial charge on any atom is -0.505 e. The summed E-state index contributed by atoms with van der Waals surface area (Å²) in [6.07, 6.45) is -4.65. The normalized spacial score (nSPS) is 14.0. The van der Waals surface area contributed by atoms with E-state index < -0.39 is 35.2 Å². The second-order valence-electron chi connectivity index (χ2n) is 9.41. The minimum atomic E-state index is -4.65. The van der Waals surface area contributed by atoms with Gasteiger partial charge in [0.2, 0.25) is 0 Å². The molecule has 1 heterocycles. The number of para-hydroxylation sites is 1. The van der Waals surface area contributed by atoms with Crippen molar-refractivity contribution < 1.29 is 37.4 Å². The summed E-state index contributed by atoms with van der Waals surface area (Å²) in [5, 5.41) is 24.3. The number of nitrogens with zero attached hydrogens (tertiary/aromatic N) is 2. The van der Waals surface area contributed by atoms with Crippen LogP contribution in [0.25, 0.3) is 11.1 Å². The Hall–Kier alpha value is -5.19. The van der Waals surface area contributed by atoms with Crippen LogP contribution in [0.2, 0.25) is 0 Å². The van der Waals surface area contributed by atoms with Crippen LogP contribution >= 0.6 is 0 Å². The number of benzene rings is 4. The quantitative estimate of drug-likeness (QED) is 0.138. The highest BCUT2D eigenvalue weighted by Gasteiger charge is 2.39. The average Bonchev–Trinajstić information content (AvgIpc) is 3.19. The number of carboxylic acids is 1. The first kappa shape index (κ1) is 27.4. The van der Waals surface area contributed by atoms with Crippen molar-refractivity contribution in [3.8, 4) is 16.9 Å². The number of nitrogens with one attached hydrogen (secondary N) is 1. The van der Waals surface area contributed by atoms with E-state index in [2.05, 4.69) is 10.5 Å². The summed E-state index contributed by atoms with van der Waals surface area (Å²) >= 11 is 0. The van der Waals surface area contributed by atoms with Gasteiger partial charge in [-0.15, -0.1) is 0 Å². The molecule has 5 rings (SSSR count). The zero-order valence-electron chi connectivity index (χ0n) is 21.5. The first-order valence-electron chi connectivity index (χ1n) is 12.2.